The van der Waals surface area contributed by atoms with Crippen molar-refractivity contribution in [3.8, 4) is 6.07 Å². The highest BCUT2D eigenvalue weighted by Gasteiger charge is 2.43. The quantitative estimate of drug-likeness (QED) is 0.603. The lowest BCUT2D eigenvalue weighted by molar-refractivity contribution is -0.385. The highest BCUT2D eigenvalue weighted by molar-refractivity contribution is 5.89. The maximum absolute atomic E-state index is 11.8. The van der Waals surface area contributed by atoms with E-state index in [0.29, 0.717) is 24.8 Å². The number of ketones is 1. The molecule has 0 saturated heterocycles. The Hall–Kier alpha value is -2.22. The molecule has 0 amide bonds. The Balaban J connectivity index is 2.37. The summed E-state index contributed by atoms with van der Waals surface area (Å²) in [5.74, 6) is -0.0943. The topological polar surface area (TPSA) is 84.0 Å². The number of rotatable bonds is 3. The van der Waals surface area contributed by atoms with Gasteiger partial charge in [-0.05, 0) is 12.8 Å². The predicted molar refractivity (Wildman–Crippen MR) is 63.7 cm³/mol. The number of nitriles is 1. The Morgan fingerprint density at radius 3 is 2.72 bits per heavy atom. The summed E-state index contributed by atoms with van der Waals surface area (Å²) in [6, 6.07) is 8.35. The van der Waals surface area contributed by atoms with Gasteiger partial charge in [0, 0.05) is 24.5 Å². The minimum absolute atomic E-state index is 0.0215. The molecule has 0 radical (unpaired) electrons. The van der Waals surface area contributed by atoms with Crippen molar-refractivity contribution < 1.29 is 9.72 Å². The molecule has 1 saturated carbocycles. The first-order valence-electron chi connectivity index (χ1n) is 5.76. The average molecular weight is 244 g/mol. The molecule has 1 unspecified atom stereocenters. The first kappa shape index (κ1) is 12.2. The summed E-state index contributed by atoms with van der Waals surface area (Å²) in [6.07, 6.45) is 1.72. The van der Waals surface area contributed by atoms with E-state index in [-0.39, 0.29) is 17.9 Å². The van der Waals surface area contributed by atoms with E-state index in [1.807, 2.05) is 0 Å². The number of nitro groups is 1. The molecule has 1 aliphatic rings. The lowest BCUT2D eigenvalue weighted by atomic mass is 9.80. The molecule has 0 N–H and O–H groups in total. The molecule has 1 atom stereocenters. The minimum atomic E-state index is -1.06. The molecule has 0 aliphatic heterocycles. The van der Waals surface area contributed by atoms with Crippen molar-refractivity contribution in [3.63, 3.8) is 0 Å². The van der Waals surface area contributed by atoms with E-state index >= 15 is 0 Å². The first-order valence-corrected chi connectivity index (χ1v) is 5.76. The van der Waals surface area contributed by atoms with E-state index in [1.54, 1.807) is 18.2 Å². The molecule has 1 aromatic rings. The average Bonchev–Trinajstić information content (AvgIpc) is 2.72. The number of carbonyl (C=O) groups is 1. The van der Waals surface area contributed by atoms with Crippen molar-refractivity contribution >= 4 is 11.5 Å². The van der Waals surface area contributed by atoms with Crippen LogP contribution >= 0.6 is 0 Å². The van der Waals surface area contributed by atoms with Crippen molar-refractivity contribution in [2.75, 3.05) is 0 Å². The van der Waals surface area contributed by atoms with E-state index < -0.39 is 10.3 Å². The SMILES string of the molecule is N#CC1(Cc2ccccc2[N+](=O)[O-])CCCC1=O. The second-order valence-corrected chi connectivity index (χ2v) is 4.53. The standard InChI is InChI=1S/C13H12N2O3/c14-9-13(7-3-6-12(13)16)8-10-4-1-2-5-11(10)15(17)18/h1-2,4-5H,3,6-8H2. The Kier molecular flexibility index (Phi) is 3.11. The molecular formula is C13H12N2O3. The zero-order valence-corrected chi connectivity index (χ0v) is 9.76. The molecule has 1 aliphatic carbocycles. The van der Waals surface area contributed by atoms with Crippen LogP contribution in [0.4, 0.5) is 5.69 Å². The zero-order valence-electron chi connectivity index (χ0n) is 9.76. The number of hydrogen-bond acceptors (Lipinski definition) is 4. The second kappa shape index (κ2) is 4.57. The fraction of sp³-hybridized carbons (Fsp3) is 0.385. The van der Waals surface area contributed by atoms with Gasteiger partial charge in [0.1, 0.15) is 5.41 Å². The number of nitrogens with zero attached hydrogens (tertiary/aromatic N) is 2. The number of para-hydroxylation sites is 1. The van der Waals surface area contributed by atoms with Gasteiger partial charge < -0.3 is 0 Å². The van der Waals surface area contributed by atoms with E-state index in [4.69, 9.17) is 0 Å². The van der Waals surface area contributed by atoms with Gasteiger partial charge in [-0.15, -0.1) is 0 Å². The molecule has 0 spiro atoms. The first-order chi connectivity index (χ1) is 8.59. The van der Waals surface area contributed by atoms with Crippen LogP contribution < -0.4 is 0 Å². The molecule has 5 nitrogen and oxygen atoms in total. The summed E-state index contributed by atoms with van der Waals surface area (Å²) in [7, 11) is 0. The third-order valence-electron chi connectivity index (χ3n) is 3.44. The van der Waals surface area contributed by atoms with Gasteiger partial charge in [0.25, 0.3) is 5.69 Å². The summed E-state index contributed by atoms with van der Waals surface area (Å²) >= 11 is 0. The maximum atomic E-state index is 11.8. The van der Waals surface area contributed by atoms with Crippen LogP contribution in [-0.2, 0) is 11.2 Å². The smallest absolute Gasteiger partial charge is 0.272 e. The molecule has 0 aromatic heterocycles. The lowest BCUT2D eigenvalue weighted by Crippen LogP contribution is -2.26. The molecule has 0 bridgehead atoms. The number of benzene rings is 1. The van der Waals surface area contributed by atoms with Crippen molar-refractivity contribution in [3.05, 3.63) is 39.9 Å². The van der Waals surface area contributed by atoms with Crippen LogP contribution in [0.25, 0.3) is 0 Å². The Bertz CT molecular complexity index is 547. The van der Waals surface area contributed by atoms with Crippen LogP contribution in [0.1, 0.15) is 24.8 Å². The van der Waals surface area contributed by atoms with E-state index in [1.165, 1.54) is 6.07 Å². The van der Waals surface area contributed by atoms with Crippen LogP contribution in [0, 0.1) is 26.9 Å². The van der Waals surface area contributed by atoms with Gasteiger partial charge in [-0.2, -0.15) is 5.26 Å². The van der Waals surface area contributed by atoms with Crippen LogP contribution in [0.5, 0.6) is 0 Å². The van der Waals surface area contributed by atoms with Gasteiger partial charge >= 0.3 is 0 Å². The Morgan fingerprint density at radius 1 is 1.44 bits per heavy atom. The lowest BCUT2D eigenvalue weighted by Gasteiger charge is -2.18. The van der Waals surface area contributed by atoms with Crippen LogP contribution in [0.15, 0.2) is 24.3 Å². The van der Waals surface area contributed by atoms with Crippen molar-refractivity contribution in [1.29, 1.82) is 5.26 Å². The Morgan fingerprint density at radius 2 is 2.17 bits per heavy atom. The van der Waals surface area contributed by atoms with Gasteiger partial charge in [-0.25, -0.2) is 0 Å². The number of carbonyl (C=O) groups excluding carboxylic acids is 1. The second-order valence-electron chi connectivity index (χ2n) is 4.53. The maximum Gasteiger partial charge on any atom is 0.272 e. The van der Waals surface area contributed by atoms with Crippen LogP contribution in [0.3, 0.4) is 0 Å². The molecule has 1 aromatic carbocycles. The molecular weight excluding hydrogens is 232 g/mol. The summed E-state index contributed by atoms with van der Waals surface area (Å²) in [4.78, 5) is 22.3. The molecule has 18 heavy (non-hydrogen) atoms. The number of Topliss-reactive ketones (excluding diaryl/α,β-unsaturated/α-hetero) is 1. The summed E-state index contributed by atoms with van der Waals surface area (Å²) in [6.45, 7) is 0. The fourth-order valence-electron chi connectivity index (χ4n) is 2.44. The number of nitro benzene ring substituents is 1. The monoisotopic (exact) mass is 244 g/mol. The van der Waals surface area contributed by atoms with E-state index in [2.05, 4.69) is 6.07 Å². The molecule has 0 heterocycles. The van der Waals surface area contributed by atoms with Gasteiger partial charge in [0.05, 0.1) is 11.0 Å². The molecule has 5 heteroatoms. The minimum Gasteiger partial charge on any atom is -0.298 e. The van der Waals surface area contributed by atoms with E-state index in [9.17, 15) is 20.2 Å². The van der Waals surface area contributed by atoms with Gasteiger partial charge in [-0.1, -0.05) is 18.2 Å². The molecule has 92 valence electrons. The highest BCUT2D eigenvalue weighted by atomic mass is 16.6. The number of hydrogen-bond donors (Lipinski definition) is 0. The summed E-state index contributed by atoms with van der Waals surface area (Å²) < 4.78 is 0. The van der Waals surface area contributed by atoms with E-state index in [0.717, 1.165) is 0 Å². The Labute approximate surface area is 104 Å². The highest BCUT2D eigenvalue weighted by Crippen LogP contribution is 2.39. The summed E-state index contributed by atoms with van der Waals surface area (Å²) in [5, 5.41) is 20.1. The van der Waals surface area contributed by atoms with Crippen molar-refractivity contribution in [2.24, 2.45) is 5.41 Å². The predicted octanol–water partition coefficient (Wildman–Crippen LogP) is 2.40. The normalized spacial score (nSPS) is 22.7. The third-order valence-corrected chi connectivity index (χ3v) is 3.44. The van der Waals surface area contributed by atoms with Crippen molar-refractivity contribution in [1.82, 2.24) is 0 Å². The largest absolute Gasteiger partial charge is 0.298 e. The third kappa shape index (κ3) is 1.97. The zero-order chi connectivity index (χ0) is 13.2. The van der Waals surface area contributed by atoms with Crippen LogP contribution in [0.2, 0.25) is 0 Å². The van der Waals surface area contributed by atoms with Gasteiger partial charge in [-0.3, -0.25) is 14.9 Å². The molecule has 1 fully saturated rings. The van der Waals surface area contributed by atoms with Crippen LogP contribution in [-0.4, -0.2) is 10.7 Å². The molecule has 2 rings (SSSR count). The van der Waals surface area contributed by atoms with Crippen molar-refractivity contribution in [2.45, 2.75) is 25.7 Å². The van der Waals surface area contributed by atoms with Gasteiger partial charge in [0.15, 0.2) is 5.78 Å². The summed E-state index contributed by atoms with van der Waals surface area (Å²) in [5.41, 5.74) is -0.627. The fourth-order valence-corrected chi connectivity index (χ4v) is 2.44. The van der Waals surface area contributed by atoms with Gasteiger partial charge in [0.2, 0.25) is 0 Å².